The second-order valence-electron chi connectivity index (χ2n) is 5.17. The minimum absolute atomic E-state index is 0.0212. The Balaban J connectivity index is 1.68. The van der Waals surface area contributed by atoms with Gasteiger partial charge in [0, 0.05) is 13.1 Å². The van der Waals surface area contributed by atoms with Crippen molar-refractivity contribution in [2.24, 2.45) is 0 Å². The number of benzene rings is 1. The molecule has 2 rings (SSSR count). The predicted octanol–water partition coefficient (Wildman–Crippen LogP) is 1.49. The van der Waals surface area contributed by atoms with Gasteiger partial charge < -0.3 is 20.4 Å². The number of amides is 2. The van der Waals surface area contributed by atoms with E-state index in [-0.39, 0.29) is 24.4 Å². The molecule has 2 amide bonds. The molecular weight excluding hydrogens is 256 g/mol. The van der Waals surface area contributed by atoms with Gasteiger partial charge in [0.15, 0.2) is 0 Å². The smallest absolute Gasteiger partial charge is 0.317 e. The van der Waals surface area contributed by atoms with Gasteiger partial charge in [-0.15, -0.1) is 0 Å². The number of likely N-dealkylation sites (tertiary alicyclic amines) is 1. The van der Waals surface area contributed by atoms with E-state index in [9.17, 15) is 15.0 Å². The molecule has 1 fully saturated rings. The Hall–Kier alpha value is -1.75. The fourth-order valence-electron chi connectivity index (χ4n) is 2.54. The van der Waals surface area contributed by atoms with Crippen LogP contribution in [0, 0.1) is 0 Å². The van der Waals surface area contributed by atoms with Gasteiger partial charge in [0.2, 0.25) is 0 Å². The minimum atomic E-state index is -0.0766. The van der Waals surface area contributed by atoms with Gasteiger partial charge in [0.25, 0.3) is 0 Å². The first-order chi connectivity index (χ1) is 9.70. The van der Waals surface area contributed by atoms with Crippen molar-refractivity contribution in [2.75, 3.05) is 19.7 Å². The van der Waals surface area contributed by atoms with Crippen LogP contribution in [0.3, 0.4) is 0 Å². The molecule has 110 valence electrons. The highest BCUT2D eigenvalue weighted by Crippen LogP contribution is 2.16. The van der Waals surface area contributed by atoms with Gasteiger partial charge in [-0.1, -0.05) is 12.1 Å². The van der Waals surface area contributed by atoms with Crippen molar-refractivity contribution in [1.29, 1.82) is 0 Å². The van der Waals surface area contributed by atoms with Crippen LogP contribution in [0.15, 0.2) is 24.3 Å². The number of aryl methyl sites for hydroxylation is 1. The summed E-state index contributed by atoms with van der Waals surface area (Å²) in [5.74, 6) is 0.270. The third-order valence-corrected chi connectivity index (χ3v) is 3.70. The van der Waals surface area contributed by atoms with Gasteiger partial charge in [0.1, 0.15) is 5.75 Å². The Morgan fingerprint density at radius 2 is 2.10 bits per heavy atom. The van der Waals surface area contributed by atoms with E-state index in [2.05, 4.69) is 5.32 Å². The Morgan fingerprint density at radius 3 is 2.80 bits per heavy atom. The summed E-state index contributed by atoms with van der Waals surface area (Å²) in [7, 11) is 0. The van der Waals surface area contributed by atoms with E-state index in [0.29, 0.717) is 6.54 Å². The average Bonchev–Trinajstić information content (AvgIpc) is 2.94. The van der Waals surface area contributed by atoms with Crippen LogP contribution in [-0.4, -0.2) is 46.9 Å². The number of hydrogen-bond acceptors (Lipinski definition) is 3. The van der Waals surface area contributed by atoms with Crippen LogP contribution in [0.5, 0.6) is 5.75 Å². The summed E-state index contributed by atoms with van der Waals surface area (Å²) in [5, 5.41) is 21.3. The number of carbonyl (C=O) groups is 1. The van der Waals surface area contributed by atoms with Crippen molar-refractivity contribution < 1.29 is 15.0 Å². The van der Waals surface area contributed by atoms with E-state index >= 15 is 0 Å². The normalized spacial score (nSPS) is 18.2. The fraction of sp³-hybridized carbons (Fsp3) is 0.533. The number of aliphatic hydroxyl groups excluding tert-OH is 1. The van der Waals surface area contributed by atoms with E-state index in [4.69, 9.17) is 0 Å². The third-order valence-electron chi connectivity index (χ3n) is 3.70. The summed E-state index contributed by atoms with van der Waals surface area (Å²) in [6.07, 6.45) is 3.57. The molecule has 1 aromatic carbocycles. The predicted molar refractivity (Wildman–Crippen MR) is 76.6 cm³/mol. The molecule has 0 saturated carbocycles. The van der Waals surface area contributed by atoms with Crippen molar-refractivity contribution >= 4 is 6.03 Å². The summed E-state index contributed by atoms with van der Waals surface area (Å²) < 4.78 is 0. The van der Waals surface area contributed by atoms with Crippen LogP contribution in [0.25, 0.3) is 0 Å². The lowest BCUT2D eigenvalue weighted by Crippen LogP contribution is -2.44. The lowest BCUT2D eigenvalue weighted by molar-refractivity contribution is 0.157. The molecule has 0 spiro atoms. The monoisotopic (exact) mass is 278 g/mol. The SMILES string of the molecule is O=C(NCCCc1ccc(O)cc1)N1CCCC1CO. The maximum absolute atomic E-state index is 11.9. The Bertz CT molecular complexity index is 433. The van der Waals surface area contributed by atoms with Crippen LogP contribution in [0.1, 0.15) is 24.8 Å². The molecule has 0 bridgehead atoms. The van der Waals surface area contributed by atoms with Gasteiger partial charge in [-0.3, -0.25) is 0 Å². The highest BCUT2D eigenvalue weighted by Gasteiger charge is 2.27. The lowest BCUT2D eigenvalue weighted by Gasteiger charge is -2.23. The van der Waals surface area contributed by atoms with Gasteiger partial charge in [0.05, 0.1) is 12.6 Å². The van der Waals surface area contributed by atoms with Crippen molar-refractivity contribution in [3.8, 4) is 5.75 Å². The Morgan fingerprint density at radius 1 is 1.35 bits per heavy atom. The van der Waals surface area contributed by atoms with E-state index in [1.54, 1.807) is 17.0 Å². The van der Waals surface area contributed by atoms with Crippen LogP contribution in [0.4, 0.5) is 4.79 Å². The van der Waals surface area contributed by atoms with Crippen molar-refractivity contribution in [3.05, 3.63) is 29.8 Å². The first-order valence-corrected chi connectivity index (χ1v) is 7.14. The molecule has 1 unspecified atom stereocenters. The van der Waals surface area contributed by atoms with Gasteiger partial charge in [-0.05, 0) is 43.4 Å². The molecule has 0 aromatic heterocycles. The maximum Gasteiger partial charge on any atom is 0.317 e. The highest BCUT2D eigenvalue weighted by atomic mass is 16.3. The largest absolute Gasteiger partial charge is 0.508 e. The first kappa shape index (κ1) is 14.7. The van der Waals surface area contributed by atoms with Gasteiger partial charge in [-0.25, -0.2) is 4.79 Å². The third kappa shape index (κ3) is 3.87. The van der Waals surface area contributed by atoms with Crippen LogP contribution in [-0.2, 0) is 6.42 Å². The van der Waals surface area contributed by atoms with E-state index in [0.717, 1.165) is 37.8 Å². The molecule has 1 aliphatic heterocycles. The van der Waals surface area contributed by atoms with Gasteiger partial charge >= 0.3 is 6.03 Å². The molecule has 1 atom stereocenters. The quantitative estimate of drug-likeness (QED) is 0.715. The molecule has 5 heteroatoms. The van der Waals surface area contributed by atoms with E-state index in [1.165, 1.54) is 0 Å². The molecule has 3 N–H and O–H groups in total. The number of rotatable bonds is 5. The Kier molecular flexibility index (Phi) is 5.24. The highest BCUT2D eigenvalue weighted by molar-refractivity contribution is 5.74. The standard InChI is InChI=1S/C15H22N2O3/c18-11-13-4-2-10-17(13)15(20)16-9-1-3-12-5-7-14(19)8-6-12/h5-8,13,18-19H,1-4,9-11H2,(H,16,20). The molecule has 1 aromatic rings. The van der Waals surface area contributed by atoms with Crippen molar-refractivity contribution in [2.45, 2.75) is 31.7 Å². The van der Waals surface area contributed by atoms with Gasteiger partial charge in [-0.2, -0.15) is 0 Å². The Labute approximate surface area is 119 Å². The number of phenols is 1. The summed E-state index contributed by atoms with van der Waals surface area (Å²) in [4.78, 5) is 13.7. The number of hydrogen-bond donors (Lipinski definition) is 3. The van der Waals surface area contributed by atoms with Crippen molar-refractivity contribution in [1.82, 2.24) is 10.2 Å². The number of phenolic OH excluding ortho intramolecular Hbond substituents is 1. The van der Waals surface area contributed by atoms with E-state index in [1.807, 2.05) is 12.1 Å². The van der Waals surface area contributed by atoms with Crippen molar-refractivity contribution in [3.63, 3.8) is 0 Å². The molecule has 20 heavy (non-hydrogen) atoms. The van der Waals surface area contributed by atoms with E-state index < -0.39 is 0 Å². The zero-order valence-corrected chi connectivity index (χ0v) is 11.6. The number of nitrogens with zero attached hydrogens (tertiary/aromatic N) is 1. The second-order valence-corrected chi connectivity index (χ2v) is 5.17. The second kappa shape index (κ2) is 7.14. The zero-order valence-electron chi connectivity index (χ0n) is 11.6. The summed E-state index contributed by atoms with van der Waals surface area (Å²) in [6.45, 7) is 1.39. The summed E-state index contributed by atoms with van der Waals surface area (Å²) in [6, 6.07) is 7.02. The fourth-order valence-corrected chi connectivity index (χ4v) is 2.54. The molecule has 1 aliphatic rings. The lowest BCUT2D eigenvalue weighted by atomic mass is 10.1. The summed E-state index contributed by atoms with van der Waals surface area (Å²) in [5.41, 5.74) is 1.14. The first-order valence-electron chi connectivity index (χ1n) is 7.14. The van der Waals surface area contributed by atoms with Crippen LogP contribution < -0.4 is 5.32 Å². The maximum atomic E-state index is 11.9. The molecular formula is C15H22N2O3. The number of aliphatic hydroxyl groups is 1. The zero-order chi connectivity index (χ0) is 14.4. The molecule has 5 nitrogen and oxygen atoms in total. The number of urea groups is 1. The number of nitrogens with one attached hydrogen (secondary N) is 1. The van der Waals surface area contributed by atoms with Crippen LogP contribution in [0.2, 0.25) is 0 Å². The topological polar surface area (TPSA) is 72.8 Å². The average molecular weight is 278 g/mol. The summed E-state index contributed by atoms with van der Waals surface area (Å²) >= 11 is 0. The minimum Gasteiger partial charge on any atom is -0.508 e. The molecule has 0 aliphatic carbocycles. The molecule has 0 radical (unpaired) electrons. The number of aromatic hydroxyl groups is 1. The molecule has 1 saturated heterocycles. The molecule has 1 heterocycles. The number of carbonyl (C=O) groups excluding carboxylic acids is 1. The van der Waals surface area contributed by atoms with Crippen LogP contribution >= 0.6 is 0 Å².